The number of rotatable bonds is 5. The quantitative estimate of drug-likeness (QED) is 0.339. The van der Waals surface area contributed by atoms with Crippen molar-refractivity contribution in [2.24, 2.45) is 0 Å². The summed E-state index contributed by atoms with van der Waals surface area (Å²) in [6.07, 6.45) is 0. The second kappa shape index (κ2) is 7.88. The largest absolute Gasteiger partial charge is 0.399 e. The maximum atomic E-state index is 6.08. The Balaban J connectivity index is 1.90. The van der Waals surface area contributed by atoms with E-state index in [0.29, 0.717) is 11.5 Å². The molecule has 5 rings (SSSR count). The van der Waals surface area contributed by atoms with Crippen LogP contribution in [0, 0.1) is 0 Å². The van der Waals surface area contributed by atoms with Crippen LogP contribution >= 0.6 is 0 Å². The lowest BCUT2D eigenvalue weighted by molar-refractivity contribution is 0.451. The fourth-order valence-corrected chi connectivity index (χ4v) is 4.18. The molecule has 0 atom stereocenters. The van der Waals surface area contributed by atoms with Crippen molar-refractivity contribution < 1.29 is 0 Å². The highest BCUT2D eigenvalue weighted by molar-refractivity contribution is 5.63. The number of benzene rings is 4. The Morgan fingerprint density at radius 3 is 1.61 bits per heavy atom. The molecule has 0 radical (unpaired) electrons. The van der Waals surface area contributed by atoms with Gasteiger partial charge in [0.15, 0.2) is 5.82 Å². The molecule has 2 N–H and O–H groups in total. The summed E-state index contributed by atoms with van der Waals surface area (Å²) in [5.41, 5.74) is 10.0. The lowest BCUT2D eigenvalue weighted by Gasteiger charge is -2.36. The molecular weight excluding hydrogens is 382 g/mol. The average Bonchev–Trinajstić information content (AvgIpc) is 3.32. The van der Waals surface area contributed by atoms with Crippen LogP contribution in [0.15, 0.2) is 115 Å². The van der Waals surface area contributed by atoms with Crippen LogP contribution in [0.25, 0.3) is 11.4 Å². The Morgan fingerprint density at radius 1 is 0.613 bits per heavy atom. The highest BCUT2D eigenvalue weighted by atomic mass is 15.6. The zero-order valence-corrected chi connectivity index (χ0v) is 16.8. The summed E-state index contributed by atoms with van der Waals surface area (Å²) in [7, 11) is 0. The van der Waals surface area contributed by atoms with Gasteiger partial charge in [0.05, 0.1) is 0 Å². The smallest absolute Gasteiger partial charge is 0.183 e. The summed E-state index contributed by atoms with van der Waals surface area (Å²) in [4.78, 5) is 0. The van der Waals surface area contributed by atoms with Crippen LogP contribution in [0.3, 0.4) is 0 Å². The average molecular weight is 403 g/mol. The molecule has 4 aromatic carbocycles. The molecule has 0 bridgehead atoms. The Kier molecular flexibility index (Phi) is 4.77. The van der Waals surface area contributed by atoms with Gasteiger partial charge >= 0.3 is 0 Å². The lowest BCUT2D eigenvalue weighted by Crippen LogP contribution is -2.39. The van der Waals surface area contributed by atoms with Gasteiger partial charge in [0.1, 0.15) is 5.54 Å². The van der Waals surface area contributed by atoms with Crippen LogP contribution in [0.1, 0.15) is 16.7 Å². The van der Waals surface area contributed by atoms with Gasteiger partial charge in [-0.15, -0.1) is 5.10 Å². The van der Waals surface area contributed by atoms with Crippen LogP contribution in [-0.4, -0.2) is 20.2 Å². The van der Waals surface area contributed by atoms with E-state index < -0.39 is 5.54 Å². The van der Waals surface area contributed by atoms with Gasteiger partial charge in [-0.2, -0.15) is 0 Å². The molecule has 0 saturated heterocycles. The summed E-state index contributed by atoms with van der Waals surface area (Å²) in [6, 6.07) is 38.6. The number of tetrazole rings is 1. The van der Waals surface area contributed by atoms with E-state index in [1.54, 1.807) is 0 Å². The van der Waals surface area contributed by atoms with Crippen molar-refractivity contribution >= 4 is 5.69 Å². The molecule has 150 valence electrons. The summed E-state index contributed by atoms with van der Waals surface area (Å²) in [5, 5.41) is 13.0. The Hall–Kier alpha value is -4.25. The van der Waals surface area contributed by atoms with Gasteiger partial charge in [0.25, 0.3) is 0 Å². The fraction of sp³-hybridized carbons (Fsp3) is 0.0385. The molecule has 0 aliphatic rings. The second-order valence-corrected chi connectivity index (χ2v) is 7.35. The van der Waals surface area contributed by atoms with Crippen molar-refractivity contribution in [3.05, 3.63) is 132 Å². The summed E-state index contributed by atoms with van der Waals surface area (Å²) in [6.45, 7) is 0. The molecule has 0 saturated carbocycles. The van der Waals surface area contributed by atoms with Crippen LogP contribution in [0.2, 0.25) is 0 Å². The topological polar surface area (TPSA) is 69.6 Å². The first-order chi connectivity index (χ1) is 15.3. The highest BCUT2D eigenvalue weighted by Crippen LogP contribution is 2.42. The van der Waals surface area contributed by atoms with Crippen molar-refractivity contribution in [1.29, 1.82) is 0 Å². The van der Waals surface area contributed by atoms with Gasteiger partial charge in [-0.1, -0.05) is 103 Å². The van der Waals surface area contributed by atoms with Crippen LogP contribution in [0.5, 0.6) is 0 Å². The Morgan fingerprint density at radius 2 is 1.13 bits per heavy atom. The van der Waals surface area contributed by atoms with Gasteiger partial charge < -0.3 is 5.73 Å². The Labute approximate surface area is 180 Å². The van der Waals surface area contributed by atoms with E-state index in [0.717, 1.165) is 22.3 Å². The molecule has 0 spiro atoms. The summed E-state index contributed by atoms with van der Waals surface area (Å²) < 4.78 is 1.90. The number of hydrogen-bond acceptors (Lipinski definition) is 4. The standard InChI is InChI=1S/C26H21N5/c27-24-18-10-11-20(19-24)25-28-29-30-31(25)26(21-12-4-1-5-13-21,22-14-6-2-7-15-22)23-16-8-3-9-17-23/h1-19H,27H2. The zero-order chi connectivity index (χ0) is 21.1. The molecule has 5 heteroatoms. The molecule has 0 aliphatic carbocycles. The molecule has 1 aromatic heterocycles. The molecule has 5 aromatic rings. The number of aromatic nitrogens is 4. The fourth-order valence-electron chi connectivity index (χ4n) is 4.18. The van der Waals surface area contributed by atoms with Crippen LogP contribution < -0.4 is 5.73 Å². The monoisotopic (exact) mass is 403 g/mol. The minimum Gasteiger partial charge on any atom is -0.399 e. The van der Waals surface area contributed by atoms with E-state index in [4.69, 9.17) is 5.73 Å². The third-order valence-electron chi connectivity index (χ3n) is 5.51. The van der Waals surface area contributed by atoms with E-state index in [2.05, 4.69) is 51.9 Å². The van der Waals surface area contributed by atoms with Crippen molar-refractivity contribution in [3.63, 3.8) is 0 Å². The maximum Gasteiger partial charge on any atom is 0.183 e. The minimum atomic E-state index is -0.771. The number of nitrogen functional groups attached to an aromatic ring is 1. The first-order valence-electron chi connectivity index (χ1n) is 10.1. The van der Waals surface area contributed by atoms with E-state index in [1.165, 1.54) is 0 Å². The van der Waals surface area contributed by atoms with Gasteiger partial charge in [0.2, 0.25) is 0 Å². The van der Waals surface area contributed by atoms with E-state index in [1.807, 2.05) is 83.5 Å². The van der Waals surface area contributed by atoms with Gasteiger partial charge in [-0.3, -0.25) is 0 Å². The van der Waals surface area contributed by atoms with Crippen LogP contribution in [-0.2, 0) is 5.54 Å². The van der Waals surface area contributed by atoms with Crippen molar-refractivity contribution in [2.75, 3.05) is 5.73 Å². The van der Waals surface area contributed by atoms with E-state index in [9.17, 15) is 0 Å². The van der Waals surface area contributed by atoms with Crippen molar-refractivity contribution in [3.8, 4) is 11.4 Å². The SMILES string of the molecule is Nc1cccc(-c2nnnn2C(c2ccccc2)(c2ccccc2)c2ccccc2)c1. The maximum absolute atomic E-state index is 6.08. The lowest BCUT2D eigenvalue weighted by atomic mass is 9.77. The minimum absolute atomic E-state index is 0.642. The van der Waals surface area contributed by atoms with Gasteiger partial charge in [-0.25, -0.2) is 4.68 Å². The Bertz CT molecular complexity index is 1180. The molecule has 0 aliphatic heterocycles. The van der Waals surface area contributed by atoms with E-state index >= 15 is 0 Å². The number of hydrogen-bond donors (Lipinski definition) is 1. The second-order valence-electron chi connectivity index (χ2n) is 7.35. The van der Waals surface area contributed by atoms with Crippen molar-refractivity contribution in [1.82, 2.24) is 20.2 Å². The first kappa shape index (κ1) is 18.8. The van der Waals surface area contributed by atoms with Crippen molar-refractivity contribution in [2.45, 2.75) is 5.54 Å². The number of nitrogens with two attached hydrogens (primary N) is 1. The zero-order valence-electron chi connectivity index (χ0n) is 16.8. The summed E-state index contributed by atoms with van der Waals surface area (Å²) in [5.74, 6) is 0.642. The van der Waals surface area contributed by atoms with Crippen LogP contribution in [0.4, 0.5) is 5.69 Å². The third-order valence-corrected chi connectivity index (χ3v) is 5.51. The first-order valence-corrected chi connectivity index (χ1v) is 10.1. The molecule has 0 fully saturated rings. The predicted molar refractivity (Wildman–Crippen MR) is 122 cm³/mol. The summed E-state index contributed by atoms with van der Waals surface area (Å²) >= 11 is 0. The molecule has 0 unspecified atom stereocenters. The molecule has 31 heavy (non-hydrogen) atoms. The molecule has 0 amide bonds. The van der Waals surface area contributed by atoms with E-state index in [-0.39, 0.29) is 0 Å². The normalized spacial score (nSPS) is 11.4. The number of anilines is 1. The molecule has 1 heterocycles. The molecule has 5 nitrogen and oxygen atoms in total. The third kappa shape index (κ3) is 3.16. The van der Waals surface area contributed by atoms with Gasteiger partial charge in [0, 0.05) is 11.3 Å². The van der Waals surface area contributed by atoms with Gasteiger partial charge in [-0.05, 0) is 39.2 Å². The number of nitrogens with zero attached hydrogens (tertiary/aromatic N) is 4. The predicted octanol–water partition coefficient (Wildman–Crippen LogP) is 4.76. The molecular formula is C26H21N5. The highest BCUT2D eigenvalue weighted by Gasteiger charge is 2.41.